The molecule has 1 aromatic heterocycles. The van der Waals surface area contributed by atoms with Gasteiger partial charge in [0, 0.05) is 27.2 Å². The second-order valence-electron chi connectivity index (χ2n) is 6.63. The number of hydrogen-bond donors (Lipinski definition) is 1. The number of amides is 1. The Kier molecular flexibility index (Phi) is 5.81. The van der Waals surface area contributed by atoms with Gasteiger partial charge in [-0.25, -0.2) is 0 Å². The molecule has 140 valence electrons. The molecule has 0 unspecified atom stereocenters. The van der Waals surface area contributed by atoms with Crippen molar-refractivity contribution in [1.29, 1.82) is 5.26 Å². The van der Waals surface area contributed by atoms with Gasteiger partial charge in [-0.3, -0.25) is 4.79 Å². The van der Waals surface area contributed by atoms with Crippen LogP contribution < -0.4 is 5.32 Å². The van der Waals surface area contributed by atoms with E-state index < -0.39 is 5.91 Å². The minimum absolute atomic E-state index is 0.0594. The van der Waals surface area contributed by atoms with Gasteiger partial charge in [-0.1, -0.05) is 39.7 Å². The molecule has 0 spiro atoms. The van der Waals surface area contributed by atoms with Crippen LogP contribution in [0.2, 0.25) is 0 Å². The molecule has 5 heteroatoms. The topological polar surface area (TPSA) is 57.8 Å². The van der Waals surface area contributed by atoms with Gasteiger partial charge in [0.2, 0.25) is 0 Å². The molecule has 0 aliphatic rings. The number of nitrogens with one attached hydrogen (secondary N) is 1. The predicted molar refractivity (Wildman–Crippen MR) is 116 cm³/mol. The fraction of sp³-hybridized carbons (Fsp3) is 0.130. The van der Waals surface area contributed by atoms with Gasteiger partial charge < -0.3 is 9.88 Å². The molecule has 0 fully saturated rings. The summed E-state index contributed by atoms with van der Waals surface area (Å²) >= 11 is 3.37. The molecule has 0 bridgehead atoms. The number of nitriles is 1. The number of hydrogen-bond acceptors (Lipinski definition) is 2. The van der Waals surface area contributed by atoms with Crippen molar-refractivity contribution >= 4 is 33.6 Å². The van der Waals surface area contributed by atoms with Gasteiger partial charge in [-0.2, -0.15) is 5.26 Å². The third-order valence-electron chi connectivity index (χ3n) is 4.51. The van der Waals surface area contributed by atoms with Gasteiger partial charge in [-0.05, 0) is 68.8 Å². The van der Waals surface area contributed by atoms with Crippen molar-refractivity contribution < 1.29 is 4.79 Å². The number of aromatic nitrogens is 1. The Hall–Kier alpha value is -3.10. The summed E-state index contributed by atoms with van der Waals surface area (Å²) in [6, 6.07) is 19.5. The van der Waals surface area contributed by atoms with Crippen molar-refractivity contribution in [2.75, 3.05) is 5.32 Å². The second kappa shape index (κ2) is 8.28. The third kappa shape index (κ3) is 4.24. The first-order valence-electron chi connectivity index (χ1n) is 8.83. The molecule has 3 rings (SSSR count). The van der Waals surface area contributed by atoms with Crippen LogP contribution in [0.4, 0.5) is 5.69 Å². The van der Waals surface area contributed by atoms with E-state index in [0.717, 1.165) is 27.1 Å². The van der Waals surface area contributed by atoms with Crippen LogP contribution >= 0.6 is 15.9 Å². The monoisotopic (exact) mass is 433 g/mol. The summed E-state index contributed by atoms with van der Waals surface area (Å²) in [5, 5.41) is 12.3. The lowest BCUT2D eigenvalue weighted by Crippen LogP contribution is -2.13. The van der Waals surface area contributed by atoms with Crippen LogP contribution in [0.1, 0.15) is 22.5 Å². The fourth-order valence-electron chi connectivity index (χ4n) is 3.09. The van der Waals surface area contributed by atoms with Crippen LogP contribution in [0, 0.1) is 32.1 Å². The Bertz CT molecular complexity index is 1100. The number of aryl methyl sites for hydroxylation is 2. The maximum atomic E-state index is 12.5. The van der Waals surface area contributed by atoms with Gasteiger partial charge in [0.25, 0.3) is 5.91 Å². The highest BCUT2D eigenvalue weighted by Gasteiger charge is 2.14. The minimum atomic E-state index is -0.430. The van der Waals surface area contributed by atoms with E-state index in [1.807, 2.05) is 38.1 Å². The quantitative estimate of drug-likeness (QED) is 0.422. The largest absolute Gasteiger partial charge is 0.321 e. The van der Waals surface area contributed by atoms with Gasteiger partial charge in [0.15, 0.2) is 0 Å². The summed E-state index contributed by atoms with van der Waals surface area (Å²) < 4.78 is 2.97. The Morgan fingerprint density at radius 1 is 1.11 bits per heavy atom. The summed E-state index contributed by atoms with van der Waals surface area (Å²) in [5.41, 5.74) is 5.80. The summed E-state index contributed by atoms with van der Waals surface area (Å²) in [4.78, 5) is 12.5. The molecule has 28 heavy (non-hydrogen) atoms. The minimum Gasteiger partial charge on any atom is -0.321 e. The zero-order chi connectivity index (χ0) is 20.3. The smallest absolute Gasteiger partial charge is 0.266 e. The van der Waals surface area contributed by atoms with Crippen molar-refractivity contribution in [3.05, 3.63) is 87.2 Å². The first kappa shape index (κ1) is 19.7. The molecule has 0 radical (unpaired) electrons. The highest BCUT2D eigenvalue weighted by atomic mass is 79.9. The molecule has 1 heterocycles. The molecule has 0 aliphatic heterocycles. The van der Waals surface area contributed by atoms with Crippen LogP contribution in [-0.2, 0) is 4.79 Å². The summed E-state index contributed by atoms with van der Waals surface area (Å²) in [6.07, 6.45) is 1.64. The van der Waals surface area contributed by atoms with Crippen molar-refractivity contribution in [1.82, 2.24) is 4.57 Å². The lowest BCUT2D eigenvalue weighted by atomic mass is 10.1. The molecule has 1 amide bonds. The zero-order valence-electron chi connectivity index (χ0n) is 16.0. The molecule has 3 aromatic rings. The average Bonchev–Trinajstić information content (AvgIpc) is 2.94. The first-order chi connectivity index (χ1) is 13.4. The number of halogens is 1. The second-order valence-corrected chi connectivity index (χ2v) is 7.55. The van der Waals surface area contributed by atoms with Crippen LogP contribution in [0.3, 0.4) is 0 Å². The van der Waals surface area contributed by atoms with E-state index in [1.54, 1.807) is 18.2 Å². The molecular formula is C23H20BrN3O. The van der Waals surface area contributed by atoms with E-state index in [4.69, 9.17) is 0 Å². The van der Waals surface area contributed by atoms with Gasteiger partial charge in [0.1, 0.15) is 11.6 Å². The standard InChI is InChI=1S/C23H20BrN3O/c1-15-7-9-22(10-8-15)27-16(2)11-18(17(27)3)12-19(14-25)23(28)26-21-6-4-5-20(24)13-21/h4-13H,1-3H3,(H,26,28)/b19-12+. The van der Waals surface area contributed by atoms with E-state index in [-0.39, 0.29) is 5.57 Å². The molecule has 0 aliphatic carbocycles. The van der Waals surface area contributed by atoms with E-state index in [0.29, 0.717) is 5.69 Å². The van der Waals surface area contributed by atoms with Crippen LogP contribution in [0.5, 0.6) is 0 Å². The molecule has 2 aromatic carbocycles. The van der Waals surface area contributed by atoms with Crippen molar-refractivity contribution in [2.24, 2.45) is 0 Å². The van der Waals surface area contributed by atoms with Crippen molar-refractivity contribution in [2.45, 2.75) is 20.8 Å². The van der Waals surface area contributed by atoms with Gasteiger partial charge in [0.05, 0.1) is 0 Å². The molecule has 1 N–H and O–H groups in total. The van der Waals surface area contributed by atoms with Crippen LogP contribution in [-0.4, -0.2) is 10.5 Å². The molecule has 0 atom stereocenters. The summed E-state index contributed by atoms with van der Waals surface area (Å²) in [6.45, 7) is 6.05. The van der Waals surface area contributed by atoms with Crippen molar-refractivity contribution in [3.8, 4) is 11.8 Å². The Labute approximate surface area is 173 Å². The van der Waals surface area contributed by atoms with Gasteiger partial charge in [-0.15, -0.1) is 0 Å². The first-order valence-corrected chi connectivity index (χ1v) is 9.63. The van der Waals surface area contributed by atoms with E-state index >= 15 is 0 Å². The fourth-order valence-corrected chi connectivity index (χ4v) is 3.49. The SMILES string of the molecule is Cc1ccc(-n2c(C)cc(/C=C(\C#N)C(=O)Nc3cccc(Br)c3)c2C)cc1. The maximum Gasteiger partial charge on any atom is 0.266 e. The number of carbonyl (C=O) groups is 1. The number of rotatable bonds is 4. The van der Waals surface area contributed by atoms with E-state index in [1.165, 1.54) is 5.56 Å². The van der Waals surface area contributed by atoms with Gasteiger partial charge >= 0.3 is 0 Å². The average molecular weight is 434 g/mol. The molecule has 0 saturated heterocycles. The number of anilines is 1. The molecular weight excluding hydrogens is 414 g/mol. The number of carbonyl (C=O) groups excluding carboxylic acids is 1. The van der Waals surface area contributed by atoms with E-state index in [9.17, 15) is 10.1 Å². The van der Waals surface area contributed by atoms with E-state index in [2.05, 4.69) is 57.0 Å². The zero-order valence-corrected chi connectivity index (χ0v) is 17.5. The predicted octanol–water partition coefficient (Wildman–Crippen LogP) is 5.71. The molecule has 4 nitrogen and oxygen atoms in total. The third-order valence-corrected chi connectivity index (χ3v) is 5.00. The van der Waals surface area contributed by atoms with Crippen LogP contribution in [0.25, 0.3) is 11.8 Å². The summed E-state index contributed by atoms with van der Waals surface area (Å²) in [7, 11) is 0. The number of nitrogens with zero attached hydrogens (tertiary/aromatic N) is 2. The lowest BCUT2D eigenvalue weighted by molar-refractivity contribution is -0.112. The van der Waals surface area contributed by atoms with Crippen LogP contribution in [0.15, 0.2) is 64.6 Å². The Morgan fingerprint density at radius 3 is 2.46 bits per heavy atom. The number of benzene rings is 2. The Morgan fingerprint density at radius 2 is 1.82 bits per heavy atom. The highest BCUT2D eigenvalue weighted by Crippen LogP contribution is 2.24. The van der Waals surface area contributed by atoms with Crippen molar-refractivity contribution in [3.63, 3.8) is 0 Å². The maximum absolute atomic E-state index is 12.5. The Balaban J connectivity index is 1.93. The lowest BCUT2D eigenvalue weighted by Gasteiger charge is -2.10. The molecule has 0 saturated carbocycles. The highest BCUT2D eigenvalue weighted by molar-refractivity contribution is 9.10. The normalized spacial score (nSPS) is 11.2. The summed E-state index contributed by atoms with van der Waals surface area (Å²) in [5.74, 6) is -0.430.